The standard InChI is InChI=1S/C13H20N2O/c1-10(2)4-3-9-15-12-7-5-11(6-8-12)13(14)16/h5-8,10,15H,3-4,9H2,1-2H3,(H2,14,16). The van der Waals surface area contributed by atoms with Crippen LogP contribution < -0.4 is 11.1 Å². The molecule has 0 saturated carbocycles. The molecule has 16 heavy (non-hydrogen) atoms. The van der Waals surface area contributed by atoms with Crippen molar-refractivity contribution in [1.29, 1.82) is 0 Å². The summed E-state index contributed by atoms with van der Waals surface area (Å²) in [4.78, 5) is 10.8. The Balaban J connectivity index is 2.35. The molecule has 0 fully saturated rings. The summed E-state index contributed by atoms with van der Waals surface area (Å²) in [5.41, 5.74) is 6.74. The molecule has 0 bridgehead atoms. The number of nitrogens with two attached hydrogens (primary N) is 1. The highest BCUT2D eigenvalue weighted by molar-refractivity contribution is 5.93. The van der Waals surface area contributed by atoms with Gasteiger partial charge in [-0.3, -0.25) is 4.79 Å². The summed E-state index contributed by atoms with van der Waals surface area (Å²) in [5, 5.41) is 3.31. The van der Waals surface area contributed by atoms with Crippen molar-refractivity contribution in [3.8, 4) is 0 Å². The number of nitrogens with one attached hydrogen (secondary N) is 1. The van der Waals surface area contributed by atoms with Crippen molar-refractivity contribution >= 4 is 11.6 Å². The first kappa shape index (κ1) is 12.6. The largest absolute Gasteiger partial charge is 0.385 e. The van der Waals surface area contributed by atoms with Crippen LogP contribution in [0.4, 0.5) is 5.69 Å². The molecule has 0 aliphatic rings. The molecule has 0 aromatic heterocycles. The maximum Gasteiger partial charge on any atom is 0.248 e. The molecule has 0 atom stereocenters. The molecule has 1 amide bonds. The van der Waals surface area contributed by atoms with Gasteiger partial charge in [0.1, 0.15) is 0 Å². The van der Waals surface area contributed by atoms with E-state index in [1.54, 1.807) is 12.1 Å². The van der Waals surface area contributed by atoms with Crippen LogP contribution in [-0.2, 0) is 0 Å². The van der Waals surface area contributed by atoms with Gasteiger partial charge in [0.2, 0.25) is 5.91 Å². The molecule has 3 nitrogen and oxygen atoms in total. The van der Waals surface area contributed by atoms with E-state index in [1.807, 2.05) is 12.1 Å². The molecule has 1 rings (SSSR count). The molecule has 0 heterocycles. The molecular formula is C13H20N2O. The average Bonchev–Trinajstić information content (AvgIpc) is 2.25. The Hall–Kier alpha value is -1.51. The number of rotatable bonds is 6. The molecule has 1 aromatic rings. The first-order valence-electron chi connectivity index (χ1n) is 5.73. The van der Waals surface area contributed by atoms with Gasteiger partial charge in [-0.2, -0.15) is 0 Å². The number of carbonyl (C=O) groups is 1. The topological polar surface area (TPSA) is 55.1 Å². The van der Waals surface area contributed by atoms with Gasteiger partial charge >= 0.3 is 0 Å². The fraction of sp³-hybridized carbons (Fsp3) is 0.462. The lowest BCUT2D eigenvalue weighted by atomic mass is 10.1. The van der Waals surface area contributed by atoms with E-state index < -0.39 is 0 Å². The highest BCUT2D eigenvalue weighted by Crippen LogP contribution is 2.10. The summed E-state index contributed by atoms with van der Waals surface area (Å²) in [6.07, 6.45) is 2.39. The lowest BCUT2D eigenvalue weighted by Gasteiger charge is -2.08. The molecule has 3 N–H and O–H groups in total. The number of primary amides is 1. The van der Waals surface area contributed by atoms with Crippen molar-refractivity contribution < 1.29 is 4.79 Å². The van der Waals surface area contributed by atoms with Gasteiger partial charge in [0, 0.05) is 17.8 Å². The third kappa shape index (κ3) is 4.34. The molecular weight excluding hydrogens is 200 g/mol. The number of anilines is 1. The van der Waals surface area contributed by atoms with Gasteiger partial charge in [-0.05, 0) is 43.0 Å². The third-order valence-corrected chi connectivity index (χ3v) is 2.46. The Morgan fingerprint density at radius 2 is 1.94 bits per heavy atom. The number of carbonyl (C=O) groups excluding carboxylic acids is 1. The molecule has 88 valence electrons. The van der Waals surface area contributed by atoms with Crippen molar-refractivity contribution in [2.75, 3.05) is 11.9 Å². The van der Waals surface area contributed by atoms with E-state index in [1.165, 1.54) is 6.42 Å². The summed E-state index contributed by atoms with van der Waals surface area (Å²) in [6, 6.07) is 7.26. The summed E-state index contributed by atoms with van der Waals surface area (Å²) >= 11 is 0. The SMILES string of the molecule is CC(C)CCCNc1ccc(C(N)=O)cc1. The predicted molar refractivity (Wildman–Crippen MR) is 67.5 cm³/mol. The molecule has 0 saturated heterocycles. The van der Waals surface area contributed by atoms with Gasteiger partial charge in [0.05, 0.1) is 0 Å². The van der Waals surface area contributed by atoms with E-state index in [2.05, 4.69) is 19.2 Å². The van der Waals surface area contributed by atoms with Crippen molar-refractivity contribution in [1.82, 2.24) is 0 Å². The first-order valence-corrected chi connectivity index (χ1v) is 5.73. The number of hydrogen-bond acceptors (Lipinski definition) is 2. The lowest BCUT2D eigenvalue weighted by molar-refractivity contribution is 0.100. The smallest absolute Gasteiger partial charge is 0.248 e. The average molecular weight is 220 g/mol. The minimum Gasteiger partial charge on any atom is -0.385 e. The van der Waals surface area contributed by atoms with Gasteiger partial charge < -0.3 is 11.1 Å². The third-order valence-electron chi connectivity index (χ3n) is 2.46. The van der Waals surface area contributed by atoms with E-state index in [0.717, 1.165) is 24.6 Å². The molecule has 0 radical (unpaired) electrons. The normalized spacial score (nSPS) is 10.4. The van der Waals surface area contributed by atoms with E-state index in [0.29, 0.717) is 5.56 Å². The van der Waals surface area contributed by atoms with Crippen LogP contribution in [-0.4, -0.2) is 12.5 Å². The molecule has 0 spiro atoms. The summed E-state index contributed by atoms with van der Waals surface area (Å²) in [5.74, 6) is 0.366. The van der Waals surface area contributed by atoms with Crippen molar-refractivity contribution in [2.24, 2.45) is 11.7 Å². The van der Waals surface area contributed by atoms with Gasteiger partial charge in [0.25, 0.3) is 0 Å². The maximum absolute atomic E-state index is 10.8. The quantitative estimate of drug-likeness (QED) is 0.724. The van der Waals surface area contributed by atoms with Crippen LogP contribution >= 0.6 is 0 Å². The van der Waals surface area contributed by atoms with Crippen LogP contribution in [0.15, 0.2) is 24.3 Å². The van der Waals surface area contributed by atoms with Gasteiger partial charge in [-0.25, -0.2) is 0 Å². The monoisotopic (exact) mass is 220 g/mol. The molecule has 0 aliphatic carbocycles. The van der Waals surface area contributed by atoms with Crippen LogP contribution in [0.3, 0.4) is 0 Å². The second kappa shape index (κ2) is 6.16. The minimum atomic E-state index is -0.383. The highest BCUT2D eigenvalue weighted by atomic mass is 16.1. The Kier molecular flexibility index (Phi) is 4.83. The lowest BCUT2D eigenvalue weighted by Crippen LogP contribution is -2.10. The minimum absolute atomic E-state index is 0.383. The fourth-order valence-corrected chi connectivity index (χ4v) is 1.50. The second-order valence-electron chi connectivity index (χ2n) is 4.40. The molecule has 1 aromatic carbocycles. The molecule has 3 heteroatoms. The van der Waals surface area contributed by atoms with Gasteiger partial charge in [0.15, 0.2) is 0 Å². The number of amides is 1. The Morgan fingerprint density at radius 1 is 1.31 bits per heavy atom. The second-order valence-corrected chi connectivity index (χ2v) is 4.40. The zero-order chi connectivity index (χ0) is 12.0. The van der Waals surface area contributed by atoms with Crippen LogP contribution in [0.25, 0.3) is 0 Å². The van der Waals surface area contributed by atoms with Crippen LogP contribution in [0.5, 0.6) is 0 Å². The first-order chi connectivity index (χ1) is 7.59. The van der Waals surface area contributed by atoms with Crippen molar-refractivity contribution in [2.45, 2.75) is 26.7 Å². The zero-order valence-electron chi connectivity index (χ0n) is 9.99. The van der Waals surface area contributed by atoms with Gasteiger partial charge in [-0.1, -0.05) is 13.8 Å². The van der Waals surface area contributed by atoms with E-state index >= 15 is 0 Å². The Bertz CT molecular complexity index is 330. The summed E-state index contributed by atoms with van der Waals surface area (Å²) < 4.78 is 0. The Morgan fingerprint density at radius 3 is 2.44 bits per heavy atom. The molecule has 0 aliphatic heterocycles. The van der Waals surface area contributed by atoms with E-state index in [-0.39, 0.29) is 5.91 Å². The van der Waals surface area contributed by atoms with Gasteiger partial charge in [-0.15, -0.1) is 0 Å². The van der Waals surface area contributed by atoms with Crippen LogP contribution in [0.1, 0.15) is 37.0 Å². The summed E-state index contributed by atoms with van der Waals surface area (Å²) in [6.45, 7) is 5.41. The fourth-order valence-electron chi connectivity index (χ4n) is 1.50. The Labute approximate surface area is 97.0 Å². The molecule has 0 unspecified atom stereocenters. The van der Waals surface area contributed by atoms with Crippen LogP contribution in [0, 0.1) is 5.92 Å². The highest BCUT2D eigenvalue weighted by Gasteiger charge is 1.99. The van der Waals surface area contributed by atoms with Crippen molar-refractivity contribution in [3.63, 3.8) is 0 Å². The van der Waals surface area contributed by atoms with Crippen molar-refractivity contribution in [3.05, 3.63) is 29.8 Å². The summed E-state index contributed by atoms with van der Waals surface area (Å²) in [7, 11) is 0. The predicted octanol–water partition coefficient (Wildman–Crippen LogP) is 2.63. The number of benzene rings is 1. The zero-order valence-corrected chi connectivity index (χ0v) is 9.99. The maximum atomic E-state index is 10.8. The number of hydrogen-bond donors (Lipinski definition) is 2. The van der Waals surface area contributed by atoms with Crippen LogP contribution in [0.2, 0.25) is 0 Å². The van der Waals surface area contributed by atoms with E-state index in [4.69, 9.17) is 5.73 Å². The van der Waals surface area contributed by atoms with E-state index in [9.17, 15) is 4.79 Å².